The van der Waals surface area contributed by atoms with Gasteiger partial charge in [0.15, 0.2) is 5.82 Å². The van der Waals surface area contributed by atoms with Crippen molar-refractivity contribution in [1.29, 1.82) is 0 Å². The topological polar surface area (TPSA) is 43.6 Å². The maximum atomic E-state index is 4.27. The first-order valence-corrected chi connectivity index (χ1v) is 10.5. The fourth-order valence-corrected chi connectivity index (χ4v) is 4.60. The lowest BCUT2D eigenvalue weighted by Crippen LogP contribution is -2.20. The van der Waals surface area contributed by atoms with Gasteiger partial charge in [0.1, 0.15) is 11.6 Å². The lowest BCUT2D eigenvalue weighted by atomic mass is 9.73. The second-order valence-corrected chi connectivity index (χ2v) is 8.00. The quantitative estimate of drug-likeness (QED) is 0.732. The molecule has 2 fully saturated rings. The summed E-state index contributed by atoms with van der Waals surface area (Å²) in [6.07, 6.45) is 19.4. The summed E-state index contributed by atoms with van der Waals surface area (Å²) in [5.41, 5.74) is 0. The summed E-state index contributed by atoms with van der Waals surface area (Å²) >= 11 is 0. The predicted octanol–water partition coefficient (Wildman–Crippen LogP) is 5.49. The summed E-state index contributed by atoms with van der Waals surface area (Å²) in [6, 6.07) is 3.97. The Hall–Kier alpha value is -1.71. The summed E-state index contributed by atoms with van der Waals surface area (Å²) in [6.45, 7) is 4.47. The third-order valence-corrected chi connectivity index (χ3v) is 5.86. The number of aryl methyl sites for hydroxylation is 2. The maximum Gasteiger partial charge on any atom is 0.152 e. The van der Waals surface area contributed by atoms with Crippen molar-refractivity contribution in [2.24, 2.45) is 11.8 Å². The van der Waals surface area contributed by atoms with Crippen LogP contribution in [0.4, 0.5) is 0 Å². The van der Waals surface area contributed by atoms with E-state index in [9.17, 15) is 0 Å². The van der Waals surface area contributed by atoms with Crippen LogP contribution < -0.4 is 0 Å². The molecule has 2 saturated carbocycles. The molecule has 0 aliphatic heterocycles. The van der Waals surface area contributed by atoms with Crippen molar-refractivity contribution in [2.75, 3.05) is 0 Å². The molecule has 0 N–H and O–H groups in total. The van der Waals surface area contributed by atoms with Crippen molar-refractivity contribution in [2.45, 2.75) is 84.6 Å². The molecule has 2 aromatic rings. The van der Waals surface area contributed by atoms with Crippen LogP contribution in [0.15, 0.2) is 24.5 Å². The Kier molecular flexibility index (Phi) is 7.22. The van der Waals surface area contributed by atoms with Gasteiger partial charge in [-0.3, -0.25) is 0 Å². The average Bonchev–Trinajstić information content (AvgIpc) is 3.16. The van der Waals surface area contributed by atoms with E-state index in [1.807, 2.05) is 42.9 Å². The highest BCUT2D eigenvalue weighted by atomic mass is 15.1. The normalized spacial score (nSPS) is 19.0. The number of hydrogen-bond acceptors (Lipinski definition) is 3. The van der Waals surface area contributed by atoms with Crippen molar-refractivity contribution in [1.82, 2.24) is 19.5 Å². The van der Waals surface area contributed by atoms with E-state index in [-0.39, 0.29) is 0 Å². The third-order valence-electron chi connectivity index (χ3n) is 5.86. The predicted molar refractivity (Wildman–Crippen MR) is 106 cm³/mol. The number of hydrogen-bond donors (Lipinski definition) is 0. The van der Waals surface area contributed by atoms with Gasteiger partial charge in [0, 0.05) is 12.4 Å². The zero-order valence-corrected chi connectivity index (χ0v) is 16.5. The SMILES string of the molecule is C1CCC(C2CCCCC2)CC1.Cc1nc(C)nc(Cn2cccc2)n1. The summed E-state index contributed by atoms with van der Waals surface area (Å²) in [5, 5.41) is 0. The molecule has 0 amide bonds. The van der Waals surface area contributed by atoms with Gasteiger partial charge in [-0.05, 0) is 37.8 Å². The molecule has 2 aliphatic rings. The molecule has 2 heterocycles. The number of aromatic nitrogens is 4. The molecule has 0 aromatic carbocycles. The van der Waals surface area contributed by atoms with Gasteiger partial charge in [0.25, 0.3) is 0 Å². The Labute approximate surface area is 158 Å². The molecule has 4 rings (SSSR count). The highest BCUT2D eigenvalue weighted by molar-refractivity contribution is 4.98. The van der Waals surface area contributed by atoms with E-state index in [4.69, 9.17) is 0 Å². The molecule has 26 heavy (non-hydrogen) atoms. The van der Waals surface area contributed by atoms with Crippen LogP contribution >= 0.6 is 0 Å². The van der Waals surface area contributed by atoms with Gasteiger partial charge in [-0.25, -0.2) is 15.0 Å². The molecule has 0 saturated heterocycles. The first-order valence-electron chi connectivity index (χ1n) is 10.5. The molecule has 0 bridgehead atoms. The fraction of sp³-hybridized carbons (Fsp3) is 0.682. The van der Waals surface area contributed by atoms with Gasteiger partial charge >= 0.3 is 0 Å². The average molecular weight is 355 g/mol. The molecular weight excluding hydrogens is 320 g/mol. The van der Waals surface area contributed by atoms with E-state index in [0.29, 0.717) is 6.54 Å². The summed E-state index contributed by atoms with van der Waals surface area (Å²) in [4.78, 5) is 12.7. The van der Waals surface area contributed by atoms with Crippen molar-refractivity contribution in [3.8, 4) is 0 Å². The molecule has 0 spiro atoms. The Morgan fingerprint density at radius 1 is 0.731 bits per heavy atom. The van der Waals surface area contributed by atoms with Crippen LogP contribution in [-0.2, 0) is 6.54 Å². The van der Waals surface area contributed by atoms with Crippen molar-refractivity contribution in [3.05, 3.63) is 42.0 Å². The standard InChI is InChI=1S/C12H22.C10H12N4/c1-3-7-11(8-4-1)12-9-5-2-6-10-12;1-8-11-9(2)13-10(12-8)7-14-5-3-4-6-14/h11-12H,1-10H2;3-6H,7H2,1-2H3. The fourth-order valence-electron chi connectivity index (χ4n) is 4.60. The highest BCUT2D eigenvalue weighted by Crippen LogP contribution is 2.37. The molecule has 0 unspecified atom stereocenters. The van der Waals surface area contributed by atoms with Crippen molar-refractivity contribution >= 4 is 0 Å². The van der Waals surface area contributed by atoms with E-state index in [1.165, 1.54) is 38.5 Å². The van der Waals surface area contributed by atoms with E-state index < -0.39 is 0 Å². The van der Waals surface area contributed by atoms with Gasteiger partial charge in [0.2, 0.25) is 0 Å². The Bertz CT molecular complexity index is 602. The second kappa shape index (κ2) is 9.84. The second-order valence-electron chi connectivity index (χ2n) is 8.00. The van der Waals surface area contributed by atoms with Crippen LogP contribution in [0.3, 0.4) is 0 Å². The molecule has 0 atom stereocenters. The zero-order valence-electron chi connectivity index (χ0n) is 16.5. The van der Waals surface area contributed by atoms with Gasteiger partial charge in [-0.1, -0.05) is 64.2 Å². The van der Waals surface area contributed by atoms with E-state index in [1.54, 1.807) is 25.7 Å². The lowest BCUT2D eigenvalue weighted by molar-refractivity contribution is 0.196. The molecular formula is C22H34N4. The van der Waals surface area contributed by atoms with E-state index in [2.05, 4.69) is 15.0 Å². The van der Waals surface area contributed by atoms with Gasteiger partial charge in [0.05, 0.1) is 6.54 Å². The smallest absolute Gasteiger partial charge is 0.152 e. The largest absolute Gasteiger partial charge is 0.347 e. The van der Waals surface area contributed by atoms with Crippen molar-refractivity contribution < 1.29 is 0 Å². The minimum Gasteiger partial charge on any atom is -0.347 e. The number of rotatable bonds is 3. The Morgan fingerprint density at radius 2 is 1.19 bits per heavy atom. The Balaban J connectivity index is 0.000000152. The first-order chi connectivity index (χ1) is 12.7. The maximum absolute atomic E-state index is 4.27. The Morgan fingerprint density at radius 3 is 1.65 bits per heavy atom. The third kappa shape index (κ3) is 5.93. The minimum absolute atomic E-state index is 0.706. The van der Waals surface area contributed by atoms with Crippen molar-refractivity contribution in [3.63, 3.8) is 0 Å². The van der Waals surface area contributed by atoms with Crippen LogP contribution in [0.2, 0.25) is 0 Å². The highest BCUT2D eigenvalue weighted by Gasteiger charge is 2.24. The van der Waals surface area contributed by atoms with E-state index >= 15 is 0 Å². The molecule has 4 heteroatoms. The van der Waals surface area contributed by atoms with Crippen LogP contribution in [0, 0.1) is 25.7 Å². The molecule has 4 nitrogen and oxygen atoms in total. The monoisotopic (exact) mass is 354 g/mol. The summed E-state index contributed by atoms with van der Waals surface area (Å²) < 4.78 is 2.04. The van der Waals surface area contributed by atoms with E-state index in [0.717, 1.165) is 29.3 Å². The number of nitrogens with zero attached hydrogens (tertiary/aromatic N) is 4. The molecule has 2 aliphatic carbocycles. The van der Waals surface area contributed by atoms with Crippen LogP contribution in [0.25, 0.3) is 0 Å². The van der Waals surface area contributed by atoms with Gasteiger partial charge < -0.3 is 4.57 Å². The lowest BCUT2D eigenvalue weighted by Gasteiger charge is -2.32. The van der Waals surface area contributed by atoms with Gasteiger partial charge in [-0.15, -0.1) is 0 Å². The first kappa shape index (κ1) is 19.1. The summed E-state index contributed by atoms with van der Waals surface area (Å²) in [7, 11) is 0. The van der Waals surface area contributed by atoms with Crippen LogP contribution in [0.5, 0.6) is 0 Å². The van der Waals surface area contributed by atoms with Crippen LogP contribution in [-0.4, -0.2) is 19.5 Å². The molecule has 2 aromatic heterocycles. The minimum atomic E-state index is 0.706. The zero-order chi connectivity index (χ0) is 18.2. The molecule has 0 radical (unpaired) electrons. The van der Waals surface area contributed by atoms with Crippen LogP contribution in [0.1, 0.15) is 81.7 Å². The van der Waals surface area contributed by atoms with Gasteiger partial charge in [-0.2, -0.15) is 0 Å². The molecule has 142 valence electrons. The summed E-state index contributed by atoms with van der Waals surface area (Å²) in [5.74, 6) is 4.64.